The fourth-order valence-electron chi connectivity index (χ4n) is 21.4. The Morgan fingerprint density at radius 2 is 1.09 bits per heavy atom. The van der Waals surface area contributed by atoms with E-state index in [1.807, 2.05) is 0 Å². The third-order valence-corrected chi connectivity index (χ3v) is 74.2. The van der Waals surface area contributed by atoms with Crippen LogP contribution in [-0.2, 0) is 6.51 Å². The van der Waals surface area contributed by atoms with Crippen LogP contribution in [0, 0.1) is 0 Å². The fraction of sp³-hybridized carbons (Fsp3) is 0.613. The number of hydrogen-bond acceptors (Lipinski definition) is 0. The van der Waals surface area contributed by atoms with Crippen LogP contribution < -0.4 is 10.6 Å². The van der Waals surface area contributed by atoms with Gasteiger partial charge in [0.15, 0.2) is 0 Å². The molecule has 10 saturated heterocycles. The van der Waals surface area contributed by atoms with Gasteiger partial charge in [-0.15, -0.1) is 0 Å². The van der Waals surface area contributed by atoms with Gasteiger partial charge in [0.05, 0.1) is 0 Å². The van der Waals surface area contributed by atoms with Crippen LogP contribution in [0.1, 0.15) is 41.5 Å². The van der Waals surface area contributed by atoms with Crippen LogP contribution in [0.4, 0.5) is 0 Å². The van der Waals surface area contributed by atoms with Crippen molar-refractivity contribution in [3.8, 4) is 0 Å². The van der Waals surface area contributed by atoms with E-state index in [-0.39, 0.29) is 15.8 Å². The molecular formula is C31H38FeP2. The van der Waals surface area contributed by atoms with Gasteiger partial charge in [0.2, 0.25) is 0 Å². The summed E-state index contributed by atoms with van der Waals surface area (Å²) < 4.78 is 1.77. The molecule has 0 saturated carbocycles. The number of benzene rings is 2. The Labute approximate surface area is 197 Å². The van der Waals surface area contributed by atoms with Crippen molar-refractivity contribution in [2.75, 3.05) is 6.16 Å². The van der Waals surface area contributed by atoms with Gasteiger partial charge in [-0.1, -0.05) is 0 Å². The summed E-state index contributed by atoms with van der Waals surface area (Å²) in [5.74, 6) is 0. The quantitative estimate of drug-likeness (QED) is 0.269. The molecule has 0 N–H and O–H groups in total. The molecular weight excluding hydrogens is 490 g/mol. The molecule has 12 rings (SSSR count). The summed E-state index contributed by atoms with van der Waals surface area (Å²) in [7, 11) is -0.207. The number of rotatable bonds is 5. The minimum absolute atomic E-state index is 0.00215. The Morgan fingerprint density at radius 3 is 1.44 bits per heavy atom. The van der Waals surface area contributed by atoms with Crippen LogP contribution in [0.25, 0.3) is 0 Å². The predicted molar refractivity (Wildman–Crippen MR) is 146 cm³/mol. The standard InChI is InChI=1S/C26H33P2.C5H5.Fe/c1-25(2,3)27(26(4,5)6)20-21-14-13-19-24(21)28(22-15-9-7-10-16-22)23-17-11-8-12-18-23;1-2-4-5-3-1;/h7-19H,20H2,1-6H3;1-5H;. The molecule has 5 atom stereocenters. The molecule has 1 spiro atoms. The summed E-state index contributed by atoms with van der Waals surface area (Å²) in [4.78, 5) is 10.9. The van der Waals surface area contributed by atoms with E-state index in [0.29, 0.717) is 10.3 Å². The van der Waals surface area contributed by atoms with E-state index in [1.54, 1.807) is 16.8 Å². The average molecular weight is 528 g/mol. The Morgan fingerprint density at radius 1 is 0.647 bits per heavy atom. The van der Waals surface area contributed by atoms with Crippen molar-refractivity contribution in [2.24, 2.45) is 0 Å². The van der Waals surface area contributed by atoms with Crippen LogP contribution in [0.15, 0.2) is 60.7 Å². The molecule has 10 heterocycles. The first kappa shape index (κ1) is 18.1. The zero-order valence-corrected chi connectivity index (χ0v) is 24.2. The molecule has 0 radical (unpaired) electrons. The van der Waals surface area contributed by atoms with Gasteiger partial charge in [-0.25, -0.2) is 0 Å². The first-order chi connectivity index (χ1) is 15.9. The van der Waals surface area contributed by atoms with Crippen LogP contribution in [0.5, 0.6) is 0 Å². The van der Waals surface area contributed by atoms with Gasteiger partial charge >= 0.3 is 199 Å². The van der Waals surface area contributed by atoms with Crippen molar-refractivity contribution in [1.82, 2.24) is 0 Å². The second-order valence-electron chi connectivity index (χ2n) is 17.8. The van der Waals surface area contributed by atoms with Gasteiger partial charge in [-0.3, -0.25) is 0 Å². The molecule has 2 aromatic rings. The zero-order valence-electron chi connectivity index (χ0n) is 21.3. The van der Waals surface area contributed by atoms with Gasteiger partial charge in [0.1, 0.15) is 0 Å². The molecule has 5 unspecified atom stereocenters. The number of hydrogen-bond donors (Lipinski definition) is 0. The van der Waals surface area contributed by atoms with E-state index in [9.17, 15) is 0 Å². The summed E-state index contributed by atoms with van der Waals surface area (Å²) >= 11 is 0. The van der Waals surface area contributed by atoms with E-state index in [2.05, 4.69) is 102 Å². The predicted octanol–water partition coefficient (Wildman–Crippen LogP) is 8.87. The molecule has 0 aliphatic carbocycles. The molecule has 34 heavy (non-hydrogen) atoms. The van der Waals surface area contributed by atoms with Gasteiger partial charge < -0.3 is 0 Å². The van der Waals surface area contributed by atoms with Crippen molar-refractivity contribution in [3.63, 3.8) is 0 Å². The van der Waals surface area contributed by atoms with Gasteiger partial charge in [0.25, 0.3) is 0 Å². The second kappa shape index (κ2) is 2.48. The molecule has 180 valence electrons. The van der Waals surface area contributed by atoms with Crippen molar-refractivity contribution < 1.29 is 6.51 Å². The third kappa shape index (κ3) is 0.403. The van der Waals surface area contributed by atoms with E-state index in [1.165, 1.54) is 38.5 Å². The van der Waals surface area contributed by atoms with Gasteiger partial charge in [0, 0.05) is 0 Å². The zero-order chi connectivity index (χ0) is 23.0. The Hall–Kier alpha value is -0.181. The molecule has 0 amide bonds. The summed E-state index contributed by atoms with van der Waals surface area (Å²) in [5.41, 5.74) is 0. The third-order valence-electron chi connectivity index (χ3n) is 19.5. The first-order valence-electron chi connectivity index (χ1n) is 13.8. The van der Waals surface area contributed by atoms with E-state index < -0.39 is 6.51 Å². The van der Waals surface area contributed by atoms with Gasteiger partial charge in [-0.05, 0) is 0 Å². The van der Waals surface area contributed by atoms with Crippen LogP contribution in [-0.4, -0.2) is 20.5 Å². The SMILES string of the molecule is CC(C)(C)P(C[C]12[CH]3[CH]4[CH]5[C]1(P(c1ccccc1)c1ccccc1)[Fe]43521678[CH]2[CH]1[CH]6[CH]7[CH]28)C(C)(C)C. The first-order valence-corrected chi connectivity index (χ1v) is 22.8. The van der Waals surface area contributed by atoms with E-state index in [4.69, 9.17) is 0 Å². The van der Waals surface area contributed by atoms with Crippen LogP contribution in [0.2, 0.25) is 42.8 Å². The summed E-state index contributed by atoms with van der Waals surface area (Å²) in [6.07, 6.45) is 1.69. The second-order valence-corrected chi connectivity index (χ2v) is 47.8. The maximum atomic E-state index is 2.61. The molecule has 0 bridgehead atoms. The normalized spacial score (nSPS) is 68.9. The van der Waals surface area contributed by atoms with E-state index >= 15 is 0 Å². The van der Waals surface area contributed by atoms with Crippen molar-refractivity contribution >= 4 is 26.5 Å². The molecule has 10 aliphatic rings. The Kier molecular flexibility index (Phi) is 1.32. The summed E-state index contributed by atoms with van der Waals surface area (Å²) in [6, 6.07) is 24.2. The van der Waals surface area contributed by atoms with Crippen molar-refractivity contribution in [3.05, 3.63) is 60.7 Å². The topological polar surface area (TPSA) is 0 Å². The molecule has 10 aliphatic heterocycles. The van der Waals surface area contributed by atoms with Crippen LogP contribution in [0.3, 0.4) is 0 Å². The fourth-order valence-corrected chi connectivity index (χ4v) is 119. The Bertz CT molecular complexity index is 1680. The van der Waals surface area contributed by atoms with Gasteiger partial charge in [-0.2, -0.15) is 0 Å². The van der Waals surface area contributed by atoms with Crippen molar-refractivity contribution in [1.29, 1.82) is 0 Å². The van der Waals surface area contributed by atoms with Crippen LogP contribution >= 0.6 is 15.8 Å². The van der Waals surface area contributed by atoms with Crippen molar-refractivity contribution in [2.45, 2.75) is 98.8 Å². The molecule has 3 heteroatoms. The summed E-state index contributed by atoms with van der Waals surface area (Å²) in [5, 5.41) is 4.45. The maximum absolute atomic E-state index is 3.57. The minimum atomic E-state index is -3.57. The van der Waals surface area contributed by atoms with E-state index in [0.717, 1.165) is 8.37 Å². The number of fused-ring (bicyclic) bond motifs is 10. The molecule has 0 aromatic heterocycles. The molecule has 0 nitrogen and oxygen atoms in total. The average Bonchev–Trinajstić information content (AvgIpc) is 3.73. The Balaban J connectivity index is 1.19. The molecule has 10 fully saturated rings. The monoisotopic (exact) mass is 528 g/mol. The molecule has 2 aromatic carbocycles. The summed E-state index contributed by atoms with van der Waals surface area (Å²) in [6.45, 7) is 12.1.